The minimum atomic E-state index is 0.135. The summed E-state index contributed by atoms with van der Waals surface area (Å²) in [5.74, 6) is 0. The average molecular weight is 403 g/mol. The van der Waals surface area contributed by atoms with Crippen LogP contribution in [0.5, 0.6) is 0 Å². The van der Waals surface area contributed by atoms with E-state index in [-0.39, 0.29) is 10.9 Å². The van der Waals surface area contributed by atoms with Gasteiger partial charge in [-0.05, 0) is 39.5 Å². The van der Waals surface area contributed by atoms with E-state index in [9.17, 15) is 0 Å². The Labute approximate surface area is 131 Å². The summed E-state index contributed by atoms with van der Waals surface area (Å²) in [6, 6.07) is 8.86. The zero-order valence-corrected chi connectivity index (χ0v) is 14.3. The molecule has 0 amide bonds. The van der Waals surface area contributed by atoms with Crippen LogP contribution in [-0.4, -0.2) is 4.66 Å². The second kappa shape index (κ2) is 5.53. The molecule has 2 heterocycles. The van der Waals surface area contributed by atoms with Gasteiger partial charge in [-0.1, -0.05) is 28.1 Å². The average Bonchev–Trinajstić information content (AvgIpc) is 2.81. The first-order valence-electron chi connectivity index (χ1n) is 5.55. The standard InChI is InChI=1S/C14H11Br2S2/c15-8-11-3-1-2-10-4-5-12-13(6-7-17-12)18(9-16)14(10)11/h1-7H,8-9H2/q+1. The van der Waals surface area contributed by atoms with Gasteiger partial charge in [-0.25, -0.2) is 0 Å². The van der Waals surface area contributed by atoms with Gasteiger partial charge in [-0.15, -0.1) is 11.3 Å². The highest BCUT2D eigenvalue weighted by atomic mass is 79.9. The molecule has 1 unspecified atom stereocenters. The lowest BCUT2D eigenvalue weighted by Crippen LogP contribution is -2.08. The second-order valence-corrected chi connectivity index (χ2v) is 8.68. The van der Waals surface area contributed by atoms with E-state index in [1.807, 2.05) is 11.3 Å². The van der Waals surface area contributed by atoms with Crippen molar-refractivity contribution in [1.29, 1.82) is 0 Å². The van der Waals surface area contributed by atoms with Crippen LogP contribution in [0.1, 0.15) is 16.0 Å². The fraction of sp³-hybridized carbons (Fsp3) is 0.143. The van der Waals surface area contributed by atoms with Crippen molar-refractivity contribution in [2.75, 3.05) is 4.66 Å². The van der Waals surface area contributed by atoms with Crippen molar-refractivity contribution in [3.8, 4) is 0 Å². The Morgan fingerprint density at radius 1 is 1.11 bits per heavy atom. The van der Waals surface area contributed by atoms with E-state index in [0.29, 0.717) is 0 Å². The molecule has 1 aliphatic rings. The van der Waals surface area contributed by atoms with Crippen LogP contribution in [0, 0.1) is 0 Å². The first-order chi connectivity index (χ1) is 8.85. The van der Waals surface area contributed by atoms with Gasteiger partial charge in [-0.3, -0.25) is 0 Å². The van der Waals surface area contributed by atoms with Gasteiger partial charge < -0.3 is 0 Å². The molecule has 0 bridgehead atoms. The molecular weight excluding hydrogens is 392 g/mol. The van der Waals surface area contributed by atoms with Gasteiger partial charge >= 0.3 is 0 Å². The normalized spacial score (nSPS) is 17.1. The minimum Gasteiger partial charge on any atom is -0.139 e. The zero-order chi connectivity index (χ0) is 12.5. The molecule has 1 aliphatic heterocycles. The van der Waals surface area contributed by atoms with Gasteiger partial charge in [0.25, 0.3) is 0 Å². The van der Waals surface area contributed by atoms with Crippen molar-refractivity contribution in [3.63, 3.8) is 0 Å². The second-order valence-electron chi connectivity index (χ2n) is 3.95. The summed E-state index contributed by atoms with van der Waals surface area (Å²) in [6.07, 6.45) is 4.51. The van der Waals surface area contributed by atoms with Crippen LogP contribution in [0.3, 0.4) is 0 Å². The van der Waals surface area contributed by atoms with E-state index >= 15 is 0 Å². The SMILES string of the molecule is BrCc1cccc2c1[S+](CBr)c1ccsc1C=C2. The molecule has 0 nitrogen and oxygen atoms in total. The van der Waals surface area contributed by atoms with Crippen molar-refractivity contribution in [3.05, 3.63) is 45.6 Å². The third-order valence-corrected chi connectivity index (χ3v) is 8.05. The first-order valence-corrected chi connectivity index (χ1v) is 10.1. The van der Waals surface area contributed by atoms with E-state index in [2.05, 4.69) is 73.7 Å². The number of rotatable bonds is 2. The number of hydrogen-bond acceptors (Lipinski definition) is 1. The summed E-state index contributed by atoms with van der Waals surface area (Å²) in [4.78, 5) is 4.36. The Balaban J connectivity index is 2.27. The number of fused-ring (bicyclic) bond motifs is 2. The van der Waals surface area contributed by atoms with Crippen molar-refractivity contribution < 1.29 is 0 Å². The van der Waals surface area contributed by atoms with Crippen LogP contribution in [0.25, 0.3) is 12.2 Å². The lowest BCUT2D eigenvalue weighted by molar-refractivity contribution is 1.25. The number of alkyl halides is 2. The molecular formula is C14H11Br2S2+. The molecule has 0 aliphatic carbocycles. The van der Waals surface area contributed by atoms with Crippen LogP contribution in [0.4, 0.5) is 0 Å². The summed E-state index contributed by atoms with van der Waals surface area (Å²) in [6.45, 7) is 0. The van der Waals surface area contributed by atoms with E-state index in [1.54, 1.807) is 0 Å². The first kappa shape index (κ1) is 13.0. The number of hydrogen-bond donors (Lipinski definition) is 0. The molecule has 1 atom stereocenters. The maximum atomic E-state index is 3.71. The molecule has 0 saturated carbocycles. The van der Waals surface area contributed by atoms with E-state index in [4.69, 9.17) is 0 Å². The summed E-state index contributed by atoms with van der Waals surface area (Å²) in [5.41, 5.74) is 2.76. The molecule has 2 aromatic rings. The highest BCUT2D eigenvalue weighted by molar-refractivity contribution is 9.10. The molecule has 0 spiro atoms. The van der Waals surface area contributed by atoms with Crippen molar-refractivity contribution in [2.24, 2.45) is 0 Å². The van der Waals surface area contributed by atoms with Gasteiger partial charge in [0.15, 0.2) is 14.5 Å². The van der Waals surface area contributed by atoms with Gasteiger partial charge in [0.05, 0.1) is 15.8 Å². The Kier molecular flexibility index (Phi) is 3.99. The summed E-state index contributed by atoms with van der Waals surface area (Å²) in [7, 11) is 0.135. The number of benzene rings is 1. The van der Waals surface area contributed by atoms with E-state index in [0.717, 1.165) is 9.99 Å². The Hall–Kier alpha value is -0.0300. The topological polar surface area (TPSA) is 0 Å². The molecule has 92 valence electrons. The van der Waals surface area contributed by atoms with Crippen molar-refractivity contribution in [2.45, 2.75) is 15.1 Å². The quantitative estimate of drug-likeness (QED) is 0.458. The zero-order valence-electron chi connectivity index (χ0n) is 9.53. The van der Waals surface area contributed by atoms with Gasteiger partial charge in [0, 0.05) is 22.5 Å². The molecule has 0 saturated heterocycles. The van der Waals surface area contributed by atoms with Crippen molar-refractivity contribution in [1.82, 2.24) is 0 Å². The van der Waals surface area contributed by atoms with Crippen LogP contribution in [0.15, 0.2) is 39.4 Å². The van der Waals surface area contributed by atoms with Crippen LogP contribution >= 0.6 is 43.2 Å². The largest absolute Gasteiger partial charge is 0.179 e. The third kappa shape index (κ3) is 2.13. The predicted octanol–water partition coefficient (Wildman–Crippen LogP) is 5.52. The maximum absolute atomic E-state index is 3.71. The van der Waals surface area contributed by atoms with Gasteiger partial charge in [0.1, 0.15) is 0 Å². The fourth-order valence-corrected chi connectivity index (χ4v) is 7.33. The van der Waals surface area contributed by atoms with Crippen LogP contribution in [0.2, 0.25) is 0 Å². The lowest BCUT2D eigenvalue weighted by Gasteiger charge is -2.09. The van der Waals surface area contributed by atoms with E-state index in [1.165, 1.54) is 25.8 Å². The molecule has 0 fully saturated rings. The summed E-state index contributed by atoms with van der Waals surface area (Å²) >= 11 is 9.15. The minimum absolute atomic E-state index is 0.135. The molecule has 4 heteroatoms. The molecule has 1 aromatic heterocycles. The fourth-order valence-electron chi connectivity index (χ4n) is 2.16. The van der Waals surface area contributed by atoms with Crippen LogP contribution < -0.4 is 0 Å². The Bertz CT molecular complexity index is 602. The highest BCUT2D eigenvalue weighted by Gasteiger charge is 2.33. The molecule has 18 heavy (non-hydrogen) atoms. The van der Waals surface area contributed by atoms with Gasteiger partial charge in [-0.2, -0.15) is 0 Å². The summed E-state index contributed by atoms with van der Waals surface area (Å²) < 4.78 is 0.995. The monoisotopic (exact) mass is 401 g/mol. The molecule has 3 rings (SSSR count). The number of halogens is 2. The maximum Gasteiger partial charge on any atom is 0.179 e. The van der Waals surface area contributed by atoms with Crippen molar-refractivity contribution >= 4 is 66.2 Å². The number of thiophene rings is 1. The van der Waals surface area contributed by atoms with Crippen LogP contribution in [-0.2, 0) is 16.2 Å². The predicted molar refractivity (Wildman–Crippen MR) is 90.0 cm³/mol. The molecule has 0 N–H and O–H groups in total. The Morgan fingerprint density at radius 2 is 2.00 bits per heavy atom. The summed E-state index contributed by atoms with van der Waals surface area (Å²) in [5, 5.41) is 3.11. The lowest BCUT2D eigenvalue weighted by atomic mass is 10.1. The smallest absolute Gasteiger partial charge is 0.139 e. The van der Waals surface area contributed by atoms with E-state index < -0.39 is 0 Å². The van der Waals surface area contributed by atoms with Gasteiger partial charge in [0.2, 0.25) is 0 Å². The molecule has 1 aromatic carbocycles. The highest BCUT2D eigenvalue weighted by Crippen LogP contribution is 2.39. The molecule has 0 radical (unpaired) electrons. The third-order valence-electron chi connectivity index (χ3n) is 2.96. The Morgan fingerprint density at radius 3 is 2.78 bits per heavy atom.